The van der Waals surface area contributed by atoms with E-state index in [1.807, 2.05) is 55.5 Å². The van der Waals surface area contributed by atoms with Crippen molar-refractivity contribution in [3.63, 3.8) is 0 Å². The molecule has 0 aliphatic heterocycles. The molecular formula is C21H20N2O3. The van der Waals surface area contributed by atoms with E-state index in [0.717, 1.165) is 17.1 Å². The van der Waals surface area contributed by atoms with Crippen LogP contribution < -0.4 is 14.8 Å². The highest BCUT2D eigenvalue weighted by molar-refractivity contribution is 5.77. The van der Waals surface area contributed by atoms with E-state index in [1.54, 1.807) is 24.3 Å². The normalized spacial score (nSPS) is 10.2. The Morgan fingerprint density at radius 3 is 2.31 bits per heavy atom. The topological polar surface area (TPSA) is 60.5 Å². The Labute approximate surface area is 152 Å². The van der Waals surface area contributed by atoms with Gasteiger partial charge in [-0.05, 0) is 55.5 Å². The quantitative estimate of drug-likeness (QED) is 0.704. The van der Waals surface area contributed by atoms with Crippen molar-refractivity contribution in [2.75, 3.05) is 6.61 Å². The fraction of sp³-hybridized carbons (Fsp3) is 0.143. The lowest BCUT2D eigenvalue weighted by atomic mass is 10.3. The second-order valence-electron chi connectivity index (χ2n) is 5.72. The van der Waals surface area contributed by atoms with Gasteiger partial charge < -0.3 is 14.8 Å². The molecule has 1 aromatic heterocycles. The van der Waals surface area contributed by atoms with Crippen molar-refractivity contribution in [3.8, 4) is 17.2 Å². The van der Waals surface area contributed by atoms with Gasteiger partial charge in [0.25, 0.3) is 5.91 Å². The summed E-state index contributed by atoms with van der Waals surface area (Å²) in [6, 6.07) is 22.4. The molecule has 0 spiro atoms. The Hall–Kier alpha value is -3.34. The van der Waals surface area contributed by atoms with Gasteiger partial charge in [-0.3, -0.25) is 9.78 Å². The van der Waals surface area contributed by atoms with Crippen molar-refractivity contribution in [1.82, 2.24) is 10.3 Å². The zero-order chi connectivity index (χ0) is 18.2. The molecule has 0 fully saturated rings. The van der Waals surface area contributed by atoms with Crippen LogP contribution in [0.25, 0.3) is 0 Å². The third kappa shape index (κ3) is 5.34. The summed E-state index contributed by atoms with van der Waals surface area (Å²) in [5.41, 5.74) is 1.74. The Morgan fingerprint density at radius 1 is 0.885 bits per heavy atom. The number of aryl methyl sites for hydroxylation is 1. The second-order valence-corrected chi connectivity index (χ2v) is 5.72. The van der Waals surface area contributed by atoms with E-state index in [9.17, 15) is 4.79 Å². The molecule has 132 valence electrons. The number of para-hydroxylation sites is 1. The Kier molecular flexibility index (Phi) is 5.83. The highest BCUT2D eigenvalue weighted by Gasteiger charge is 2.04. The number of rotatable bonds is 7. The number of amides is 1. The van der Waals surface area contributed by atoms with Gasteiger partial charge in [-0.25, -0.2) is 0 Å². The van der Waals surface area contributed by atoms with Gasteiger partial charge >= 0.3 is 0 Å². The highest BCUT2D eigenvalue weighted by atomic mass is 16.5. The van der Waals surface area contributed by atoms with Gasteiger partial charge in [-0.2, -0.15) is 0 Å². The van der Waals surface area contributed by atoms with Crippen LogP contribution in [0.3, 0.4) is 0 Å². The molecule has 0 atom stereocenters. The number of aromatic nitrogens is 1. The van der Waals surface area contributed by atoms with E-state index in [1.165, 1.54) is 0 Å². The van der Waals surface area contributed by atoms with Crippen molar-refractivity contribution < 1.29 is 14.3 Å². The molecule has 1 amide bonds. The van der Waals surface area contributed by atoms with Crippen molar-refractivity contribution in [2.24, 2.45) is 0 Å². The van der Waals surface area contributed by atoms with Gasteiger partial charge in [-0.15, -0.1) is 0 Å². The number of ether oxygens (including phenoxy) is 2. The molecule has 3 aromatic rings. The fourth-order valence-corrected chi connectivity index (χ4v) is 2.32. The summed E-state index contributed by atoms with van der Waals surface area (Å²) in [6.45, 7) is 2.25. The van der Waals surface area contributed by atoms with Crippen molar-refractivity contribution >= 4 is 5.91 Å². The average Bonchev–Trinajstić information content (AvgIpc) is 2.67. The third-order valence-electron chi connectivity index (χ3n) is 3.59. The molecule has 3 rings (SSSR count). The predicted molar refractivity (Wildman–Crippen MR) is 99.3 cm³/mol. The monoisotopic (exact) mass is 348 g/mol. The molecule has 0 aliphatic carbocycles. The number of nitrogens with one attached hydrogen (secondary N) is 1. The van der Waals surface area contributed by atoms with Crippen LogP contribution in [0.2, 0.25) is 0 Å². The summed E-state index contributed by atoms with van der Waals surface area (Å²) in [4.78, 5) is 16.2. The maximum Gasteiger partial charge on any atom is 0.258 e. The van der Waals surface area contributed by atoms with Crippen molar-refractivity contribution in [1.29, 1.82) is 0 Å². The van der Waals surface area contributed by atoms with Crippen LogP contribution in [0, 0.1) is 6.92 Å². The lowest BCUT2D eigenvalue weighted by Gasteiger charge is -2.09. The first kappa shape index (κ1) is 17.5. The van der Waals surface area contributed by atoms with Crippen molar-refractivity contribution in [3.05, 3.63) is 84.2 Å². The van der Waals surface area contributed by atoms with Crippen LogP contribution in [-0.2, 0) is 11.3 Å². The summed E-state index contributed by atoms with van der Waals surface area (Å²) in [7, 11) is 0. The molecule has 0 unspecified atom stereocenters. The van der Waals surface area contributed by atoms with Crippen LogP contribution in [-0.4, -0.2) is 17.5 Å². The number of nitrogens with zero attached hydrogens (tertiary/aromatic N) is 1. The number of pyridine rings is 1. The van der Waals surface area contributed by atoms with Gasteiger partial charge in [0.05, 0.1) is 12.2 Å². The van der Waals surface area contributed by atoms with E-state index in [2.05, 4.69) is 10.3 Å². The number of carbonyl (C=O) groups is 1. The molecule has 0 radical (unpaired) electrons. The number of hydrogen-bond acceptors (Lipinski definition) is 4. The summed E-state index contributed by atoms with van der Waals surface area (Å²) < 4.78 is 11.2. The first-order valence-corrected chi connectivity index (χ1v) is 8.34. The smallest absolute Gasteiger partial charge is 0.258 e. The van der Waals surface area contributed by atoms with Gasteiger partial charge in [0, 0.05) is 5.69 Å². The van der Waals surface area contributed by atoms with Crippen LogP contribution >= 0.6 is 0 Å². The van der Waals surface area contributed by atoms with E-state index in [4.69, 9.17) is 9.47 Å². The molecule has 5 nitrogen and oxygen atoms in total. The number of hydrogen-bond donors (Lipinski definition) is 1. The number of carbonyl (C=O) groups excluding carboxylic acids is 1. The van der Waals surface area contributed by atoms with Gasteiger partial charge in [0.2, 0.25) is 0 Å². The van der Waals surface area contributed by atoms with Gasteiger partial charge in [0.15, 0.2) is 6.61 Å². The Bertz CT molecular complexity index is 849. The molecule has 0 saturated carbocycles. The minimum Gasteiger partial charge on any atom is -0.484 e. The lowest BCUT2D eigenvalue weighted by Crippen LogP contribution is -2.28. The standard InChI is InChI=1S/C21H20N2O3/c1-16-6-5-7-17(23-16)14-22-21(24)15-25-18-10-12-20(13-11-18)26-19-8-3-2-4-9-19/h2-13H,14-15H2,1H3,(H,22,24). The SMILES string of the molecule is Cc1cccc(CNC(=O)COc2ccc(Oc3ccccc3)cc2)n1. The Morgan fingerprint density at radius 2 is 1.58 bits per heavy atom. The fourth-order valence-electron chi connectivity index (χ4n) is 2.32. The van der Waals surface area contributed by atoms with Gasteiger partial charge in [-0.1, -0.05) is 24.3 Å². The zero-order valence-corrected chi connectivity index (χ0v) is 14.5. The first-order valence-electron chi connectivity index (χ1n) is 8.34. The summed E-state index contributed by atoms with van der Waals surface area (Å²) >= 11 is 0. The second kappa shape index (κ2) is 8.67. The van der Waals surface area contributed by atoms with E-state index < -0.39 is 0 Å². The largest absolute Gasteiger partial charge is 0.484 e. The van der Waals surface area contributed by atoms with E-state index in [0.29, 0.717) is 18.0 Å². The van der Waals surface area contributed by atoms with Crippen molar-refractivity contribution in [2.45, 2.75) is 13.5 Å². The highest BCUT2D eigenvalue weighted by Crippen LogP contribution is 2.23. The average molecular weight is 348 g/mol. The minimum absolute atomic E-state index is 0.0509. The van der Waals surface area contributed by atoms with Gasteiger partial charge in [0.1, 0.15) is 17.2 Å². The molecule has 1 heterocycles. The summed E-state index contributed by atoms with van der Waals surface area (Å²) in [6.07, 6.45) is 0. The van der Waals surface area contributed by atoms with Crippen LogP contribution in [0.4, 0.5) is 0 Å². The molecule has 1 N–H and O–H groups in total. The number of benzene rings is 2. The molecular weight excluding hydrogens is 328 g/mol. The van der Waals surface area contributed by atoms with E-state index >= 15 is 0 Å². The summed E-state index contributed by atoms with van der Waals surface area (Å²) in [5, 5.41) is 2.79. The molecule has 26 heavy (non-hydrogen) atoms. The molecule has 5 heteroatoms. The summed E-state index contributed by atoms with van der Waals surface area (Å²) in [5.74, 6) is 1.89. The lowest BCUT2D eigenvalue weighted by molar-refractivity contribution is -0.123. The maximum absolute atomic E-state index is 11.9. The van der Waals surface area contributed by atoms with Crippen LogP contribution in [0.5, 0.6) is 17.2 Å². The molecule has 0 aliphatic rings. The van der Waals surface area contributed by atoms with Crippen LogP contribution in [0.1, 0.15) is 11.4 Å². The first-order chi connectivity index (χ1) is 12.7. The predicted octanol–water partition coefficient (Wildman–Crippen LogP) is 3.88. The maximum atomic E-state index is 11.9. The van der Waals surface area contributed by atoms with E-state index in [-0.39, 0.29) is 12.5 Å². The molecule has 2 aromatic carbocycles. The Balaban J connectivity index is 1.44. The minimum atomic E-state index is -0.196. The molecule has 0 bridgehead atoms. The molecule has 0 saturated heterocycles. The zero-order valence-electron chi connectivity index (χ0n) is 14.5. The third-order valence-corrected chi connectivity index (χ3v) is 3.59. The van der Waals surface area contributed by atoms with Crippen LogP contribution in [0.15, 0.2) is 72.8 Å².